The van der Waals surface area contributed by atoms with Crippen LogP contribution in [0.25, 0.3) is 0 Å². The van der Waals surface area contributed by atoms with Crippen LogP contribution in [0.3, 0.4) is 0 Å². The molecule has 1 saturated carbocycles. The minimum atomic E-state index is -0.125. The second-order valence-corrected chi connectivity index (χ2v) is 19.8. The van der Waals surface area contributed by atoms with Gasteiger partial charge in [-0.3, -0.25) is 0 Å². The second kappa shape index (κ2) is 13.5. The number of fused-ring (bicyclic) bond motifs is 7. The van der Waals surface area contributed by atoms with Crippen molar-refractivity contribution < 1.29 is 0 Å². The van der Waals surface area contributed by atoms with Crippen LogP contribution in [0, 0.1) is 23.7 Å². The molecule has 3 heteroatoms. The number of nitrogens with zero attached hydrogens (tertiary/aromatic N) is 2. The summed E-state index contributed by atoms with van der Waals surface area (Å²) in [6.45, 7) is 10.1. The average Bonchev–Trinajstić information content (AvgIpc) is 3.61. The first-order valence-electron chi connectivity index (χ1n) is 22.5. The van der Waals surface area contributed by atoms with E-state index in [0.717, 1.165) is 12.3 Å². The third-order valence-electron chi connectivity index (χ3n) is 16.2. The van der Waals surface area contributed by atoms with E-state index < -0.39 is 0 Å². The third-order valence-corrected chi connectivity index (χ3v) is 16.2. The van der Waals surface area contributed by atoms with E-state index in [-0.39, 0.29) is 10.8 Å². The largest absolute Gasteiger partial charge is 0.358 e. The number of anilines is 2. The topological polar surface area (TPSA) is 6.48 Å². The van der Waals surface area contributed by atoms with Crippen LogP contribution in [0.1, 0.15) is 102 Å². The van der Waals surface area contributed by atoms with Gasteiger partial charge < -0.3 is 9.80 Å². The smallest absolute Gasteiger partial charge is 0.226 e. The zero-order valence-electron chi connectivity index (χ0n) is 34.6. The van der Waals surface area contributed by atoms with Gasteiger partial charge in [-0.2, -0.15) is 0 Å². The Balaban J connectivity index is 1.12. The van der Waals surface area contributed by atoms with Gasteiger partial charge in [-0.15, -0.1) is 0 Å². The first-order valence-corrected chi connectivity index (χ1v) is 22.5. The maximum absolute atomic E-state index is 2.93. The highest BCUT2D eigenvalue weighted by atomic mass is 15.3. The monoisotopic (exact) mass is 746 g/mol. The van der Waals surface area contributed by atoms with E-state index in [1.807, 2.05) is 0 Å². The van der Waals surface area contributed by atoms with Crippen LogP contribution in [0.5, 0.6) is 0 Å². The summed E-state index contributed by atoms with van der Waals surface area (Å²) < 4.78 is 0. The van der Waals surface area contributed by atoms with Gasteiger partial charge in [-0.25, -0.2) is 0 Å². The Bertz CT molecular complexity index is 2290. The fourth-order valence-corrected chi connectivity index (χ4v) is 12.9. The molecule has 3 fully saturated rings. The van der Waals surface area contributed by atoms with Crippen molar-refractivity contribution in [2.45, 2.75) is 114 Å². The quantitative estimate of drug-likeness (QED) is 0.183. The van der Waals surface area contributed by atoms with Crippen molar-refractivity contribution in [2.24, 2.45) is 23.7 Å². The predicted octanol–water partition coefficient (Wildman–Crippen LogP) is 12.5. The highest BCUT2D eigenvalue weighted by molar-refractivity contribution is 6.84. The molecular formula is C54H59BN2. The SMILES string of the molecule is CC(C)(c1ccccc1)c1ccc2c(c1)B1C3=C(CC(C4CCCCC4)C=C3N3C4C=CC=CC4C4=CC=CC1C43)N2c1ccc(C(C)(C)C2C=CCCC2)cc1. The Kier molecular flexibility index (Phi) is 8.47. The van der Waals surface area contributed by atoms with Crippen molar-refractivity contribution in [3.8, 4) is 0 Å². The molecule has 8 aliphatic rings. The van der Waals surface area contributed by atoms with Gasteiger partial charge in [-0.1, -0.05) is 162 Å². The lowest BCUT2D eigenvalue weighted by molar-refractivity contribution is 0.251. The normalized spacial score (nSPS) is 28.8. The average molecular weight is 747 g/mol. The van der Waals surface area contributed by atoms with Gasteiger partial charge >= 0.3 is 0 Å². The predicted molar refractivity (Wildman–Crippen MR) is 240 cm³/mol. The van der Waals surface area contributed by atoms with Crippen molar-refractivity contribution in [2.75, 3.05) is 4.90 Å². The molecule has 0 bridgehead atoms. The van der Waals surface area contributed by atoms with Gasteiger partial charge in [0.25, 0.3) is 0 Å². The molecule has 5 aliphatic carbocycles. The van der Waals surface area contributed by atoms with Crippen LogP contribution in [-0.4, -0.2) is 23.7 Å². The van der Waals surface area contributed by atoms with Crippen LogP contribution in [0.15, 0.2) is 156 Å². The highest BCUT2D eigenvalue weighted by Gasteiger charge is 2.58. The van der Waals surface area contributed by atoms with Crippen molar-refractivity contribution in [1.82, 2.24) is 4.90 Å². The minimum absolute atomic E-state index is 0.0954. The van der Waals surface area contributed by atoms with Crippen molar-refractivity contribution in [1.29, 1.82) is 0 Å². The fourth-order valence-electron chi connectivity index (χ4n) is 12.9. The molecule has 0 amide bonds. The molecule has 2 nitrogen and oxygen atoms in total. The summed E-state index contributed by atoms with van der Waals surface area (Å²) >= 11 is 0. The van der Waals surface area contributed by atoms with E-state index in [2.05, 4.69) is 171 Å². The number of rotatable bonds is 6. The van der Waals surface area contributed by atoms with Gasteiger partial charge in [-0.05, 0) is 119 Å². The van der Waals surface area contributed by atoms with Crippen molar-refractivity contribution in [3.63, 3.8) is 0 Å². The Hall–Kier alpha value is -4.50. The molecule has 2 saturated heterocycles. The second-order valence-electron chi connectivity index (χ2n) is 19.8. The molecule has 0 aromatic heterocycles. The van der Waals surface area contributed by atoms with Gasteiger partial charge in [0.15, 0.2) is 0 Å². The number of allylic oxidation sites excluding steroid dienone is 9. The zero-order chi connectivity index (χ0) is 38.5. The molecule has 11 rings (SSSR count). The molecule has 0 radical (unpaired) electrons. The van der Waals surface area contributed by atoms with Crippen LogP contribution < -0.4 is 10.4 Å². The lowest BCUT2D eigenvalue weighted by Crippen LogP contribution is -2.59. The zero-order valence-corrected chi connectivity index (χ0v) is 34.6. The third kappa shape index (κ3) is 5.50. The molecule has 3 heterocycles. The van der Waals surface area contributed by atoms with Crippen LogP contribution in [0.4, 0.5) is 11.4 Å². The van der Waals surface area contributed by atoms with Crippen LogP contribution in [-0.2, 0) is 10.8 Å². The number of benzene rings is 3. The summed E-state index contributed by atoms with van der Waals surface area (Å²) in [6, 6.07) is 29.4. The van der Waals surface area contributed by atoms with E-state index in [1.54, 1.807) is 22.4 Å². The van der Waals surface area contributed by atoms with Gasteiger partial charge in [0.2, 0.25) is 6.71 Å². The molecule has 3 aromatic rings. The molecule has 3 aromatic carbocycles. The molecule has 3 aliphatic heterocycles. The first kappa shape index (κ1) is 35.7. The summed E-state index contributed by atoms with van der Waals surface area (Å²) in [4.78, 5) is 5.68. The molecular weight excluding hydrogens is 687 g/mol. The number of hydrogen-bond acceptors (Lipinski definition) is 2. The van der Waals surface area contributed by atoms with Crippen molar-refractivity contribution in [3.05, 3.63) is 173 Å². The summed E-state index contributed by atoms with van der Waals surface area (Å²) in [5, 5.41) is 0. The summed E-state index contributed by atoms with van der Waals surface area (Å²) in [5.41, 5.74) is 14.8. The molecule has 0 N–H and O–H groups in total. The summed E-state index contributed by atoms with van der Waals surface area (Å²) in [7, 11) is 0. The lowest BCUT2D eigenvalue weighted by Gasteiger charge is -2.54. The highest BCUT2D eigenvalue weighted by Crippen LogP contribution is 2.59. The van der Waals surface area contributed by atoms with E-state index in [4.69, 9.17) is 0 Å². The van der Waals surface area contributed by atoms with Crippen LogP contribution >= 0.6 is 0 Å². The lowest BCUT2D eigenvalue weighted by atomic mass is 9.27. The maximum atomic E-state index is 2.93. The van der Waals surface area contributed by atoms with E-state index >= 15 is 0 Å². The standard InChI is InChI=1S/C54H59BN2/c1-53(2,38-19-10-6-11-20-38)40-27-30-42(31-28-40)56-48-32-29-41(54(3,4)39-21-12-7-13-22-39)35-46(48)55-45-25-16-24-44-43-23-14-15-26-47(43)57(52(44)45)50-34-37(33-49(56)51(50)55)36-17-8-5-9-18-36/h7,10,12-16,19,21-32,34-38,43,45,47,52H,5-6,8-9,11,17-18,20,33H2,1-4H3. The Labute approximate surface area is 342 Å². The fraction of sp³-hybridized carbons (Fsp3) is 0.407. The van der Waals surface area contributed by atoms with Crippen molar-refractivity contribution >= 4 is 23.6 Å². The Morgan fingerprint density at radius 1 is 0.719 bits per heavy atom. The van der Waals surface area contributed by atoms with Gasteiger partial charge in [0.05, 0.1) is 12.1 Å². The van der Waals surface area contributed by atoms with E-state index in [0.29, 0.717) is 42.4 Å². The summed E-state index contributed by atoms with van der Waals surface area (Å²) in [5.74, 6) is 2.70. The molecule has 57 heavy (non-hydrogen) atoms. The molecule has 0 spiro atoms. The number of hydrogen-bond donors (Lipinski definition) is 0. The molecule has 6 unspecified atom stereocenters. The first-order chi connectivity index (χ1) is 27.8. The molecule has 6 atom stereocenters. The van der Waals surface area contributed by atoms with E-state index in [1.165, 1.54) is 84.9 Å². The Morgan fingerprint density at radius 3 is 2.30 bits per heavy atom. The minimum Gasteiger partial charge on any atom is -0.358 e. The van der Waals surface area contributed by atoms with E-state index in [9.17, 15) is 0 Å². The van der Waals surface area contributed by atoms with Gasteiger partial charge in [0, 0.05) is 34.1 Å². The maximum Gasteiger partial charge on any atom is 0.226 e. The van der Waals surface area contributed by atoms with Crippen LogP contribution in [0.2, 0.25) is 5.82 Å². The Morgan fingerprint density at radius 2 is 1.51 bits per heavy atom. The molecule has 288 valence electrons. The summed E-state index contributed by atoms with van der Waals surface area (Å²) in [6.07, 6.45) is 36.7. The van der Waals surface area contributed by atoms with Gasteiger partial charge in [0.1, 0.15) is 0 Å².